The van der Waals surface area contributed by atoms with Crippen LogP contribution in [0.25, 0.3) is 0 Å². The summed E-state index contributed by atoms with van der Waals surface area (Å²) in [6.07, 6.45) is 2.31. The van der Waals surface area contributed by atoms with Crippen LogP contribution in [0.5, 0.6) is 0 Å². The summed E-state index contributed by atoms with van der Waals surface area (Å²) < 4.78 is 5.41. The molecular weight excluding hydrogens is 162 g/mol. The van der Waals surface area contributed by atoms with Crippen LogP contribution < -0.4 is 5.73 Å². The summed E-state index contributed by atoms with van der Waals surface area (Å²) in [6.45, 7) is 0. The maximum absolute atomic E-state index is 6.01. The molecule has 1 aromatic carbocycles. The highest BCUT2D eigenvalue weighted by molar-refractivity contribution is 5.33. The van der Waals surface area contributed by atoms with Crippen molar-refractivity contribution in [3.8, 4) is 0 Å². The fourth-order valence-electron chi connectivity index (χ4n) is 2.03. The molecule has 0 saturated heterocycles. The topological polar surface area (TPSA) is 35.2 Å². The molecule has 2 heteroatoms. The summed E-state index contributed by atoms with van der Waals surface area (Å²) in [5.41, 5.74) is 8.53. The Morgan fingerprint density at radius 3 is 2.62 bits per heavy atom. The van der Waals surface area contributed by atoms with Gasteiger partial charge in [-0.25, -0.2) is 0 Å². The fraction of sp³-hybridized carbons (Fsp3) is 0.455. The maximum Gasteiger partial charge on any atom is 0.0825 e. The van der Waals surface area contributed by atoms with E-state index in [1.165, 1.54) is 11.1 Å². The molecule has 0 spiro atoms. The van der Waals surface area contributed by atoms with E-state index >= 15 is 0 Å². The van der Waals surface area contributed by atoms with Crippen LogP contribution >= 0.6 is 0 Å². The van der Waals surface area contributed by atoms with Gasteiger partial charge in [-0.15, -0.1) is 0 Å². The molecule has 70 valence electrons. The molecule has 2 atom stereocenters. The number of nitrogens with two attached hydrogens (primary N) is 1. The Balaban J connectivity index is 2.42. The number of ether oxygens (including phenoxy) is 1. The normalized spacial score (nSPS) is 26.9. The lowest BCUT2D eigenvalue weighted by Gasteiger charge is -2.28. The fourth-order valence-corrected chi connectivity index (χ4v) is 2.03. The molecule has 0 aromatic heterocycles. The van der Waals surface area contributed by atoms with E-state index in [-0.39, 0.29) is 12.1 Å². The highest BCUT2D eigenvalue weighted by Gasteiger charge is 2.23. The molecule has 0 aliphatic heterocycles. The van der Waals surface area contributed by atoms with Gasteiger partial charge < -0.3 is 10.5 Å². The third-order valence-electron chi connectivity index (χ3n) is 2.77. The first kappa shape index (κ1) is 8.73. The number of hydrogen-bond acceptors (Lipinski definition) is 2. The van der Waals surface area contributed by atoms with E-state index in [4.69, 9.17) is 10.5 Å². The second-order valence-electron chi connectivity index (χ2n) is 3.54. The lowest BCUT2D eigenvalue weighted by molar-refractivity contribution is 0.0845. The molecule has 0 heterocycles. The van der Waals surface area contributed by atoms with E-state index < -0.39 is 0 Å². The molecule has 0 radical (unpaired) electrons. The van der Waals surface area contributed by atoms with Crippen LogP contribution in [0.15, 0.2) is 24.3 Å². The summed E-state index contributed by atoms with van der Waals surface area (Å²) in [5.74, 6) is 0. The van der Waals surface area contributed by atoms with E-state index in [1.807, 2.05) is 12.1 Å². The van der Waals surface area contributed by atoms with Crippen molar-refractivity contribution in [3.05, 3.63) is 35.4 Å². The van der Waals surface area contributed by atoms with Gasteiger partial charge in [-0.3, -0.25) is 0 Å². The molecule has 0 fully saturated rings. The highest BCUT2D eigenvalue weighted by atomic mass is 16.5. The molecule has 2 rings (SSSR count). The summed E-state index contributed by atoms with van der Waals surface area (Å²) in [5, 5.41) is 0. The molecule has 1 aliphatic rings. The van der Waals surface area contributed by atoms with Crippen molar-refractivity contribution in [1.82, 2.24) is 0 Å². The van der Waals surface area contributed by atoms with E-state index in [1.54, 1.807) is 7.11 Å². The molecule has 2 N–H and O–H groups in total. The van der Waals surface area contributed by atoms with Gasteiger partial charge in [-0.1, -0.05) is 24.3 Å². The third kappa shape index (κ3) is 1.47. The third-order valence-corrected chi connectivity index (χ3v) is 2.77. The summed E-state index contributed by atoms with van der Waals surface area (Å²) in [4.78, 5) is 0. The zero-order chi connectivity index (χ0) is 9.26. The summed E-state index contributed by atoms with van der Waals surface area (Å²) >= 11 is 0. The molecule has 2 unspecified atom stereocenters. The van der Waals surface area contributed by atoms with Crippen molar-refractivity contribution in [2.75, 3.05) is 7.11 Å². The SMILES string of the molecule is COC1CCC(N)c2ccccc21. The number of benzene rings is 1. The first-order valence-corrected chi connectivity index (χ1v) is 4.70. The molecular formula is C11H15NO. The number of rotatable bonds is 1. The average Bonchev–Trinajstić information content (AvgIpc) is 2.19. The van der Waals surface area contributed by atoms with Gasteiger partial charge >= 0.3 is 0 Å². The van der Waals surface area contributed by atoms with Gasteiger partial charge in [0.05, 0.1) is 6.10 Å². The monoisotopic (exact) mass is 177 g/mol. The minimum atomic E-state index is 0.197. The number of fused-ring (bicyclic) bond motifs is 1. The van der Waals surface area contributed by atoms with Crippen LogP contribution in [0.4, 0.5) is 0 Å². The minimum absolute atomic E-state index is 0.197. The van der Waals surface area contributed by atoms with E-state index in [2.05, 4.69) is 12.1 Å². The van der Waals surface area contributed by atoms with Crippen molar-refractivity contribution in [3.63, 3.8) is 0 Å². The predicted molar refractivity (Wildman–Crippen MR) is 52.4 cm³/mol. The van der Waals surface area contributed by atoms with Crippen LogP contribution in [0.1, 0.15) is 36.1 Å². The van der Waals surface area contributed by atoms with Gasteiger partial charge in [0.1, 0.15) is 0 Å². The van der Waals surface area contributed by atoms with Crippen molar-refractivity contribution < 1.29 is 4.74 Å². The standard InChI is InChI=1S/C11H15NO/c1-13-11-7-6-10(12)8-4-2-3-5-9(8)11/h2-5,10-11H,6-7,12H2,1H3. The quantitative estimate of drug-likeness (QED) is 0.713. The van der Waals surface area contributed by atoms with Gasteiger partial charge in [-0.05, 0) is 24.0 Å². The lowest BCUT2D eigenvalue weighted by Crippen LogP contribution is -2.21. The Morgan fingerprint density at radius 1 is 1.23 bits per heavy atom. The van der Waals surface area contributed by atoms with Crippen molar-refractivity contribution in [2.45, 2.75) is 25.0 Å². The second kappa shape index (κ2) is 3.48. The lowest BCUT2D eigenvalue weighted by atomic mass is 9.86. The Bertz CT molecular complexity index is 298. The molecule has 1 aromatic rings. The predicted octanol–water partition coefficient (Wildman–Crippen LogP) is 2.17. The van der Waals surface area contributed by atoms with Crippen molar-refractivity contribution in [2.24, 2.45) is 5.73 Å². The minimum Gasteiger partial charge on any atom is -0.377 e. The highest BCUT2D eigenvalue weighted by Crippen LogP contribution is 2.36. The van der Waals surface area contributed by atoms with Gasteiger partial charge in [0.15, 0.2) is 0 Å². The molecule has 2 nitrogen and oxygen atoms in total. The Labute approximate surface area is 78.7 Å². The largest absolute Gasteiger partial charge is 0.377 e. The van der Waals surface area contributed by atoms with Crippen molar-refractivity contribution >= 4 is 0 Å². The molecule has 0 amide bonds. The second-order valence-corrected chi connectivity index (χ2v) is 3.54. The Hall–Kier alpha value is -0.860. The first-order valence-electron chi connectivity index (χ1n) is 4.70. The smallest absolute Gasteiger partial charge is 0.0825 e. The van der Waals surface area contributed by atoms with Gasteiger partial charge in [-0.2, -0.15) is 0 Å². The zero-order valence-corrected chi connectivity index (χ0v) is 7.86. The molecule has 1 aliphatic carbocycles. The summed E-state index contributed by atoms with van der Waals surface area (Å²) in [7, 11) is 1.76. The van der Waals surface area contributed by atoms with Crippen molar-refractivity contribution in [1.29, 1.82) is 0 Å². The zero-order valence-electron chi connectivity index (χ0n) is 7.86. The number of hydrogen-bond donors (Lipinski definition) is 1. The van der Waals surface area contributed by atoms with Gasteiger partial charge in [0.2, 0.25) is 0 Å². The van der Waals surface area contributed by atoms with E-state index in [9.17, 15) is 0 Å². The van der Waals surface area contributed by atoms with Crippen LogP contribution in [0, 0.1) is 0 Å². The Kier molecular flexibility index (Phi) is 2.34. The molecule has 0 bridgehead atoms. The Morgan fingerprint density at radius 2 is 1.92 bits per heavy atom. The molecule has 13 heavy (non-hydrogen) atoms. The van der Waals surface area contributed by atoms with Gasteiger partial charge in [0.25, 0.3) is 0 Å². The number of methoxy groups -OCH3 is 1. The van der Waals surface area contributed by atoms with Crippen LogP contribution in [-0.2, 0) is 4.74 Å². The average molecular weight is 177 g/mol. The van der Waals surface area contributed by atoms with Gasteiger partial charge in [0, 0.05) is 13.2 Å². The maximum atomic E-state index is 6.01. The first-order chi connectivity index (χ1) is 6.33. The van der Waals surface area contributed by atoms with Crippen LogP contribution in [0.3, 0.4) is 0 Å². The van der Waals surface area contributed by atoms with Crippen LogP contribution in [-0.4, -0.2) is 7.11 Å². The summed E-state index contributed by atoms with van der Waals surface area (Å²) in [6, 6.07) is 8.50. The van der Waals surface area contributed by atoms with E-state index in [0.717, 1.165) is 12.8 Å². The van der Waals surface area contributed by atoms with Crippen LogP contribution in [0.2, 0.25) is 0 Å². The van der Waals surface area contributed by atoms with E-state index in [0.29, 0.717) is 0 Å². The molecule has 0 saturated carbocycles.